The van der Waals surface area contributed by atoms with Gasteiger partial charge in [0.25, 0.3) is 0 Å². The fraction of sp³-hybridized carbons (Fsp3) is 0.548. The molecular formula is C62H90N2NiO8. The van der Waals surface area contributed by atoms with Gasteiger partial charge in [-0.1, -0.05) is 157 Å². The average Bonchev–Trinajstić information content (AvgIpc) is 3.35. The van der Waals surface area contributed by atoms with E-state index in [0.29, 0.717) is 24.0 Å². The van der Waals surface area contributed by atoms with E-state index in [4.69, 9.17) is 20.2 Å². The number of carboxylic acid groups (broad SMARTS) is 2. The third-order valence-electron chi connectivity index (χ3n) is 12.7. The Kier molecular flexibility index (Phi) is 34.7. The maximum absolute atomic E-state index is 10.7. The van der Waals surface area contributed by atoms with Crippen LogP contribution >= 0.6 is 0 Å². The fourth-order valence-corrected chi connectivity index (χ4v) is 8.69. The van der Waals surface area contributed by atoms with Crippen LogP contribution in [-0.4, -0.2) is 43.8 Å². The molecule has 0 bridgehead atoms. The van der Waals surface area contributed by atoms with Crippen LogP contribution in [0.3, 0.4) is 0 Å². The number of phenolic OH excluding ortho intramolecular Hbond substituents is 2. The smallest absolute Gasteiger partial charge is 0.545 e. The molecule has 0 amide bonds. The summed E-state index contributed by atoms with van der Waals surface area (Å²) in [6.07, 6.45) is 29.2. The zero-order valence-electron chi connectivity index (χ0n) is 45.8. The molecule has 0 aliphatic carbocycles. The van der Waals surface area contributed by atoms with Crippen molar-refractivity contribution in [2.75, 3.05) is 0 Å². The molecule has 4 aromatic rings. The normalized spacial score (nSPS) is 11.3. The van der Waals surface area contributed by atoms with Crippen molar-refractivity contribution in [2.45, 2.75) is 222 Å². The van der Waals surface area contributed by atoms with Gasteiger partial charge >= 0.3 is 16.5 Å². The Hall–Kier alpha value is -5.15. The third kappa shape index (κ3) is 24.6. The van der Waals surface area contributed by atoms with E-state index in [1.807, 2.05) is 13.8 Å². The second-order valence-electron chi connectivity index (χ2n) is 19.2. The molecule has 0 atom stereocenters. The van der Waals surface area contributed by atoms with Crippen molar-refractivity contribution in [1.29, 1.82) is 0 Å². The summed E-state index contributed by atoms with van der Waals surface area (Å²) >= 11 is 0. The Labute approximate surface area is 449 Å². The predicted octanol–water partition coefficient (Wildman–Crippen LogP) is 14.7. The van der Waals surface area contributed by atoms with Crippen LogP contribution in [0.5, 0.6) is 23.0 Å². The topological polar surface area (TPSA) is 186 Å². The van der Waals surface area contributed by atoms with Gasteiger partial charge in [-0.2, -0.15) is 0 Å². The zero-order chi connectivity index (χ0) is 53.3. The number of carbonyl (C=O) groups excluding carboxylic acids is 2. The molecule has 0 fully saturated rings. The molecule has 0 radical (unpaired) electrons. The number of nitrogens with zero attached hydrogens (tertiary/aromatic N) is 2. The number of aromatic hydroxyl groups is 4. The number of phenols is 4. The predicted molar refractivity (Wildman–Crippen MR) is 295 cm³/mol. The van der Waals surface area contributed by atoms with Crippen molar-refractivity contribution in [2.24, 2.45) is 9.98 Å². The minimum atomic E-state index is -1.47. The van der Waals surface area contributed by atoms with E-state index >= 15 is 0 Å². The van der Waals surface area contributed by atoms with Gasteiger partial charge in [0.2, 0.25) is 0 Å². The van der Waals surface area contributed by atoms with Crippen LogP contribution in [0.1, 0.15) is 238 Å². The van der Waals surface area contributed by atoms with Gasteiger partial charge in [-0.25, -0.2) is 0 Å². The molecule has 0 unspecified atom stereocenters. The fourth-order valence-electron chi connectivity index (χ4n) is 8.69. The minimum absolute atomic E-state index is 0. The van der Waals surface area contributed by atoms with Gasteiger partial charge in [-0.15, -0.1) is 0 Å². The van der Waals surface area contributed by atoms with Gasteiger partial charge in [-0.05, 0) is 160 Å². The summed E-state index contributed by atoms with van der Waals surface area (Å²) in [6.45, 7) is 17.6. The molecule has 4 N–H and O–H groups in total. The van der Waals surface area contributed by atoms with Crippen LogP contribution in [-0.2, 0) is 55.0 Å². The molecule has 4 aromatic carbocycles. The molecule has 10 nitrogen and oxygen atoms in total. The molecule has 73 heavy (non-hydrogen) atoms. The number of aryl methyl sites for hydroxylation is 6. The summed E-state index contributed by atoms with van der Waals surface area (Å²) in [5.41, 5.74) is 10.9. The van der Waals surface area contributed by atoms with E-state index in [0.717, 1.165) is 75.6 Å². The van der Waals surface area contributed by atoms with Crippen LogP contribution in [0.4, 0.5) is 11.4 Å². The largest absolute Gasteiger partial charge is 2.00 e. The molecule has 0 aromatic heterocycles. The molecule has 0 saturated carbocycles. The Morgan fingerprint density at radius 2 is 0.685 bits per heavy atom. The van der Waals surface area contributed by atoms with Crippen LogP contribution in [0, 0.1) is 0 Å². The number of aromatic carboxylic acids is 2. The quantitative estimate of drug-likeness (QED) is 0.0166. The van der Waals surface area contributed by atoms with E-state index < -0.39 is 34.9 Å². The maximum Gasteiger partial charge on any atom is 2.00 e. The standard InChI is InChI=1S/C42H68N2.2C10H12O4.Ni/c1-7-13-19-23-35-29-36(24-20-14-8-2)32-39(31-35)43-41(27-17-11-5)42(28-18-12-6)44-40-33-37(25-21-15-9-3)30-38(34-40)26-22-16-10-4;2*1-2-3-6-4-5-7(11)9(12)8(6)10(13)14;/h29-34H,7-28H2,1-6H3;2*4-5,11-12H,2-3H2,1H3,(H,13,14);/q;;;+2/p-2. The van der Waals surface area contributed by atoms with E-state index in [1.165, 1.54) is 148 Å². The molecule has 0 saturated heterocycles. The number of hydrogen-bond acceptors (Lipinski definition) is 10. The molecule has 406 valence electrons. The molecule has 0 spiro atoms. The average molecular weight is 1050 g/mol. The van der Waals surface area contributed by atoms with Crippen molar-refractivity contribution in [1.82, 2.24) is 0 Å². The summed E-state index contributed by atoms with van der Waals surface area (Å²) in [5, 5.41) is 58.2. The van der Waals surface area contributed by atoms with Crippen LogP contribution in [0.25, 0.3) is 0 Å². The van der Waals surface area contributed by atoms with Crippen LogP contribution in [0.15, 0.2) is 70.6 Å². The van der Waals surface area contributed by atoms with E-state index in [1.54, 1.807) is 0 Å². The SMILES string of the molecule is CCCCCc1cc(CCCCC)cc(N=C(CCCC)C(CCCC)=Nc2cc(CCCCC)cc(CCCCC)c2)c1.CCCc1ccc(O)c(O)c1C(=O)[O-].CCCc1ccc(O)c(O)c1C(=O)[O-].[Ni+2]. The maximum atomic E-state index is 10.7. The van der Waals surface area contributed by atoms with E-state index in [2.05, 4.69) is 77.9 Å². The van der Waals surface area contributed by atoms with E-state index in [9.17, 15) is 30.0 Å². The number of carboxylic acids is 2. The number of benzene rings is 4. The summed E-state index contributed by atoms with van der Waals surface area (Å²) in [7, 11) is 0. The summed E-state index contributed by atoms with van der Waals surface area (Å²) in [4.78, 5) is 32.3. The molecule has 11 heteroatoms. The number of hydrogen-bond donors (Lipinski definition) is 4. The van der Waals surface area contributed by atoms with Crippen LogP contribution < -0.4 is 10.2 Å². The first-order chi connectivity index (χ1) is 34.7. The molecule has 0 aliphatic rings. The number of rotatable bonds is 31. The monoisotopic (exact) mass is 1050 g/mol. The summed E-state index contributed by atoms with van der Waals surface area (Å²) < 4.78 is 0. The Morgan fingerprint density at radius 3 is 0.932 bits per heavy atom. The van der Waals surface area contributed by atoms with E-state index in [-0.39, 0.29) is 27.6 Å². The number of unbranched alkanes of at least 4 members (excludes halogenated alkanes) is 10. The van der Waals surface area contributed by atoms with Gasteiger partial charge in [0.1, 0.15) is 0 Å². The van der Waals surface area contributed by atoms with Crippen LogP contribution in [0.2, 0.25) is 0 Å². The molecule has 4 rings (SSSR count). The molecular weight excluding hydrogens is 959 g/mol. The minimum Gasteiger partial charge on any atom is -0.545 e. The van der Waals surface area contributed by atoms with Gasteiger partial charge < -0.3 is 40.2 Å². The zero-order valence-corrected chi connectivity index (χ0v) is 46.8. The Balaban J connectivity index is 0.000000740. The summed E-state index contributed by atoms with van der Waals surface area (Å²) in [5.74, 6) is -5.05. The number of aliphatic imine (C=N–C) groups is 2. The third-order valence-corrected chi connectivity index (χ3v) is 12.7. The van der Waals surface area contributed by atoms with Crippen molar-refractivity contribution in [3.63, 3.8) is 0 Å². The number of carbonyl (C=O) groups is 2. The summed E-state index contributed by atoms with van der Waals surface area (Å²) in [6, 6.07) is 19.9. The van der Waals surface area contributed by atoms with Gasteiger partial charge in [0.05, 0.1) is 34.7 Å². The van der Waals surface area contributed by atoms with Gasteiger partial charge in [0, 0.05) is 11.1 Å². The van der Waals surface area contributed by atoms with Crippen molar-refractivity contribution in [3.05, 3.63) is 105 Å². The second-order valence-corrected chi connectivity index (χ2v) is 19.2. The Bertz CT molecular complexity index is 2070. The van der Waals surface area contributed by atoms with Crippen molar-refractivity contribution in [3.8, 4) is 23.0 Å². The molecule has 0 heterocycles. The first kappa shape index (κ1) is 65.9. The van der Waals surface area contributed by atoms with Crippen molar-refractivity contribution < 1.29 is 56.7 Å². The van der Waals surface area contributed by atoms with Crippen molar-refractivity contribution >= 4 is 34.7 Å². The van der Waals surface area contributed by atoms with Gasteiger partial charge in [0.15, 0.2) is 23.0 Å². The Morgan fingerprint density at radius 1 is 0.397 bits per heavy atom. The first-order valence-electron chi connectivity index (χ1n) is 27.6. The first-order valence-corrected chi connectivity index (χ1v) is 27.6. The molecule has 0 aliphatic heterocycles. The van der Waals surface area contributed by atoms with Gasteiger partial charge in [-0.3, -0.25) is 9.98 Å². The second kappa shape index (κ2) is 38.4.